The van der Waals surface area contributed by atoms with Crippen LogP contribution >= 0.6 is 0 Å². The van der Waals surface area contributed by atoms with Crippen molar-refractivity contribution in [3.8, 4) is 0 Å². The molecule has 1 aromatic heterocycles. The summed E-state index contributed by atoms with van der Waals surface area (Å²) < 4.78 is 37.9. The molecule has 2 amide bonds. The van der Waals surface area contributed by atoms with Gasteiger partial charge in [-0.1, -0.05) is 19.3 Å². The molecule has 1 aliphatic carbocycles. The van der Waals surface area contributed by atoms with Crippen molar-refractivity contribution in [2.45, 2.75) is 38.3 Å². The van der Waals surface area contributed by atoms with Gasteiger partial charge in [-0.2, -0.15) is 13.2 Å². The average molecular weight is 375 g/mol. The molecule has 0 saturated heterocycles. The third kappa shape index (κ3) is 5.55. The van der Waals surface area contributed by atoms with Crippen molar-refractivity contribution >= 4 is 18.3 Å². The summed E-state index contributed by atoms with van der Waals surface area (Å²) in [6.07, 6.45) is 0.955. The van der Waals surface area contributed by atoms with E-state index in [4.69, 9.17) is 0 Å². The van der Waals surface area contributed by atoms with Crippen molar-refractivity contribution in [2.75, 3.05) is 12.0 Å². The Kier molecular flexibility index (Phi) is 6.72. The first-order chi connectivity index (χ1) is 12.3. The Bertz CT molecular complexity index is 623. The van der Waals surface area contributed by atoms with Gasteiger partial charge in [0.05, 0.1) is 12.5 Å². The Morgan fingerprint density at radius 1 is 1.38 bits per heavy atom. The maximum absolute atomic E-state index is 12.6. The van der Waals surface area contributed by atoms with Gasteiger partial charge < -0.3 is 0 Å². The first-order valence-corrected chi connectivity index (χ1v) is 8.18. The number of halogens is 3. The lowest BCUT2D eigenvalue weighted by Crippen LogP contribution is -2.44. The van der Waals surface area contributed by atoms with Crippen LogP contribution in [0.1, 0.15) is 37.8 Å². The maximum Gasteiger partial charge on any atom is 0.433 e. The van der Waals surface area contributed by atoms with Crippen molar-refractivity contribution in [3.05, 3.63) is 18.0 Å². The molecular formula is C15H20F3N5O3. The number of aromatic nitrogens is 2. The van der Waals surface area contributed by atoms with E-state index in [0.717, 1.165) is 38.3 Å². The summed E-state index contributed by atoms with van der Waals surface area (Å²) >= 11 is 0. The quantitative estimate of drug-likeness (QED) is 0.382. The Morgan fingerprint density at radius 2 is 2.08 bits per heavy atom. The number of hydroxylamine groups is 2. The molecule has 0 unspecified atom stereocenters. The van der Waals surface area contributed by atoms with Crippen LogP contribution in [0.25, 0.3) is 0 Å². The Balaban J connectivity index is 2.03. The van der Waals surface area contributed by atoms with E-state index < -0.39 is 29.6 Å². The van der Waals surface area contributed by atoms with Crippen molar-refractivity contribution in [1.82, 2.24) is 20.5 Å². The largest absolute Gasteiger partial charge is 0.433 e. The smallest absolute Gasteiger partial charge is 0.286 e. The molecule has 2 rings (SSSR count). The molecule has 3 N–H and O–H groups in total. The predicted molar refractivity (Wildman–Crippen MR) is 83.4 cm³/mol. The normalized spacial score (nSPS) is 16.6. The lowest BCUT2D eigenvalue weighted by Gasteiger charge is -2.30. The zero-order valence-corrected chi connectivity index (χ0v) is 13.9. The van der Waals surface area contributed by atoms with Crippen LogP contribution in [0.15, 0.2) is 12.3 Å². The van der Waals surface area contributed by atoms with Gasteiger partial charge >= 0.3 is 6.18 Å². The van der Waals surface area contributed by atoms with Crippen molar-refractivity contribution in [3.63, 3.8) is 0 Å². The van der Waals surface area contributed by atoms with Crippen molar-refractivity contribution < 1.29 is 28.0 Å². The van der Waals surface area contributed by atoms with Crippen molar-refractivity contribution in [2.24, 2.45) is 11.8 Å². The van der Waals surface area contributed by atoms with Crippen molar-refractivity contribution in [1.29, 1.82) is 0 Å². The molecule has 0 aromatic carbocycles. The molecule has 1 fully saturated rings. The number of carbonyl (C=O) groups excluding carboxylic acids is 2. The fraction of sp³-hybridized carbons (Fsp3) is 0.600. The number of hydrogen-bond donors (Lipinski definition) is 3. The second kappa shape index (κ2) is 8.79. The van der Waals surface area contributed by atoms with Gasteiger partial charge in [0.2, 0.25) is 18.3 Å². The first kappa shape index (κ1) is 19.9. The summed E-state index contributed by atoms with van der Waals surface area (Å²) in [7, 11) is 0. The highest BCUT2D eigenvalue weighted by molar-refractivity contribution is 5.80. The molecule has 1 heterocycles. The number of nitrogens with one attached hydrogen (secondary N) is 2. The predicted octanol–water partition coefficient (Wildman–Crippen LogP) is 1.98. The SMILES string of the molecule is O=CN(O)C[C@H](C(=O)NNc1nccc(C(F)(F)F)n1)C1CCCCC1. The van der Waals surface area contributed by atoms with Crippen LogP contribution in [0.2, 0.25) is 0 Å². The minimum atomic E-state index is -4.63. The highest BCUT2D eigenvalue weighted by Crippen LogP contribution is 2.31. The Hall–Kier alpha value is -2.43. The van der Waals surface area contributed by atoms with E-state index in [1.807, 2.05) is 0 Å². The second-order valence-electron chi connectivity index (χ2n) is 6.11. The van der Waals surface area contributed by atoms with E-state index in [1.54, 1.807) is 0 Å². The molecule has 0 aliphatic heterocycles. The maximum atomic E-state index is 12.6. The number of carbonyl (C=O) groups is 2. The molecule has 0 bridgehead atoms. The summed E-state index contributed by atoms with van der Waals surface area (Å²) in [6.45, 7) is -0.203. The standard InChI is InChI=1S/C15H20F3N5O3/c16-15(17,18)12-6-7-19-14(20-12)22-21-13(25)11(8-23(26)9-24)10-4-2-1-3-5-10/h6-7,9-11,26H,1-5,8H2,(H,21,25)(H,19,20,22)/t11-/m0/s1. The monoisotopic (exact) mass is 375 g/mol. The topological polar surface area (TPSA) is 107 Å². The molecule has 1 aromatic rings. The second-order valence-corrected chi connectivity index (χ2v) is 6.11. The van der Waals surface area contributed by atoms with Gasteiger partial charge in [0, 0.05) is 6.20 Å². The minimum Gasteiger partial charge on any atom is -0.286 e. The number of alkyl halides is 3. The highest BCUT2D eigenvalue weighted by Gasteiger charge is 2.33. The van der Waals surface area contributed by atoms with Gasteiger partial charge in [-0.05, 0) is 24.8 Å². The fourth-order valence-corrected chi connectivity index (χ4v) is 3.01. The summed E-state index contributed by atoms with van der Waals surface area (Å²) in [5.74, 6) is -1.71. The number of anilines is 1. The summed E-state index contributed by atoms with van der Waals surface area (Å²) in [4.78, 5) is 30.0. The first-order valence-electron chi connectivity index (χ1n) is 8.18. The van der Waals surface area contributed by atoms with Gasteiger partial charge in [0.15, 0.2) is 0 Å². The zero-order chi connectivity index (χ0) is 19.2. The van der Waals surface area contributed by atoms with E-state index in [0.29, 0.717) is 11.1 Å². The number of hydrazine groups is 1. The molecule has 11 heteroatoms. The summed E-state index contributed by atoms with van der Waals surface area (Å²) in [6, 6.07) is 0.714. The van der Waals surface area contributed by atoms with Gasteiger partial charge in [0.25, 0.3) is 0 Å². The third-order valence-electron chi connectivity index (χ3n) is 4.30. The number of amides is 2. The molecule has 8 nitrogen and oxygen atoms in total. The molecule has 26 heavy (non-hydrogen) atoms. The molecule has 144 valence electrons. The molecule has 1 aliphatic rings. The van der Waals surface area contributed by atoms with E-state index in [9.17, 15) is 28.0 Å². The highest BCUT2D eigenvalue weighted by atomic mass is 19.4. The number of hydrogen-bond acceptors (Lipinski definition) is 6. The fourth-order valence-electron chi connectivity index (χ4n) is 3.01. The molecule has 1 atom stereocenters. The molecular weight excluding hydrogens is 355 g/mol. The molecule has 0 spiro atoms. The summed E-state index contributed by atoms with van der Waals surface area (Å²) in [5.41, 5.74) is 3.38. The molecule has 0 radical (unpaired) electrons. The molecule has 1 saturated carbocycles. The minimum absolute atomic E-state index is 0.0393. The van der Waals surface area contributed by atoms with Crippen LogP contribution in [0, 0.1) is 11.8 Å². The van der Waals surface area contributed by atoms with Crippen LogP contribution in [0.5, 0.6) is 0 Å². The Labute approximate surface area is 147 Å². The third-order valence-corrected chi connectivity index (χ3v) is 4.30. The average Bonchev–Trinajstić information content (AvgIpc) is 2.64. The number of rotatable bonds is 7. The van der Waals surface area contributed by atoms with Gasteiger partial charge in [-0.3, -0.25) is 25.6 Å². The van der Waals surface area contributed by atoms with Crippen LogP contribution in [-0.4, -0.2) is 39.1 Å². The van der Waals surface area contributed by atoms with E-state index in [-0.39, 0.29) is 18.9 Å². The number of nitrogens with zero attached hydrogens (tertiary/aromatic N) is 3. The van der Waals surface area contributed by atoms with E-state index >= 15 is 0 Å². The zero-order valence-electron chi connectivity index (χ0n) is 13.9. The van der Waals surface area contributed by atoms with Gasteiger partial charge in [0.1, 0.15) is 5.69 Å². The van der Waals surface area contributed by atoms with Crippen LogP contribution in [0.4, 0.5) is 19.1 Å². The van der Waals surface area contributed by atoms with Crippen LogP contribution in [0.3, 0.4) is 0 Å². The summed E-state index contributed by atoms with van der Waals surface area (Å²) in [5, 5.41) is 9.82. The van der Waals surface area contributed by atoms with Crippen LogP contribution < -0.4 is 10.9 Å². The lowest BCUT2D eigenvalue weighted by molar-refractivity contribution is -0.156. The van der Waals surface area contributed by atoms with Gasteiger partial charge in [-0.25, -0.2) is 15.0 Å². The lowest BCUT2D eigenvalue weighted by atomic mass is 9.79. The van der Waals surface area contributed by atoms with E-state index in [2.05, 4.69) is 20.8 Å². The Morgan fingerprint density at radius 3 is 2.69 bits per heavy atom. The van der Waals surface area contributed by atoms with Gasteiger partial charge in [-0.15, -0.1) is 0 Å². The van der Waals surface area contributed by atoms with Crippen LogP contribution in [-0.2, 0) is 15.8 Å². The van der Waals surface area contributed by atoms with E-state index in [1.165, 1.54) is 0 Å².